The lowest BCUT2D eigenvalue weighted by Gasteiger charge is -2.36. The summed E-state index contributed by atoms with van der Waals surface area (Å²) in [5.41, 5.74) is -0.640. The average molecular weight is 242 g/mol. The summed E-state index contributed by atoms with van der Waals surface area (Å²) in [7, 11) is 0. The van der Waals surface area contributed by atoms with Crippen molar-refractivity contribution in [2.45, 2.75) is 45.1 Å². The van der Waals surface area contributed by atoms with Crippen LogP contribution < -0.4 is 5.32 Å². The van der Waals surface area contributed by atoms with Gasteiger partial charge in [0.05, 0.1) is 12.1 Å². The maximum atomic E-state index is 12.0. The third kappa shape index (κ3) is 3.78. The Labute approximate surface area is 102 Å². The number of hydrogen-bond donors (Lipinski definition) is 2. The maximum Gasteiger partial charge on any atom is 0.248 e. The zero-order valence-corrected chi connectivity index (χ0v) is 10.7. The van der Waals surface area contributed by atoms with Crippen LogP contribution in [0.4, 0.5) is 0 Å². The zero-order valence-electron chi connectivity index (χ0n) is 10.7. The first-order valence-corrected chi connectivity index (χ1v) is 6.20. The van der Waals surface area contributed by atoms with Crippen LogP contribution in [-0.4, -0.2) is 47.1 Å². The molecule has 1 rings (SSSR count). The Balaban J connectivity index is 2.39. The van der Waals surface area contributed by atoms with E-state index in [4.69, 9.17) is 5.11 Å². The molecule has 17 heavy (non-hydrogen) atoms. The topological polar surface area (TPSA) is 69.6 Å². The molecule has 1 fully saturated rings. The third-order valence-electron chi connectivity index (χ3n) is 3.05. The molecule has 0 radical (unpaired) electrons. The monoisotopic (exact) mass is 242 g/mol. The van der Waals surface area contributed by atoms with Gasteiger partial charge < -0.3 is 5.11 Å². The van der Waals surface area contributed by atoms with E-state index in [2.05, 4.69) is 5.32 Å². The normalized spacial score (nSPS) is 19.8. The number of aliphatic hydroxyl groups excluding tert-OH is 1. The van der Waals surface area contributed by atoms with Gasteiger partial charge in [0.15, 0.2) is 0 Å². The summed E-state index contributed by atoms with van der Waals surface area (Å²) in [6, 6.07) is 0. The Kier molecular flexibility index (Phi) is 5.08. The lowest BCUT2D eigenvalue weighted by molar-refractivity contribution is -0.152. The van der Waals surface area contributed by atoms with Crippen molar-refractivity contribution < 1.29 is 14.7 Å². The summed E-state index contributed by atoms with van der Waals surface area (Å²) >= 11 is 0. The summed E-state index contributed by atoms with van der Waals surface area (Å²) < 4.78 is 0. The van der Waals surface area contributed by atoms with E-state index in [0.717, 1.165) is 25.7 Å². The highest BCUT2D eigenvalue weighted by atomic mass is 16.3. The lowest BCUT2D eigenvalue weighted by atomic mass is 10.00. The van der Waals surface area contributed by atoms with E-state index in [-0.39, 0.29) is 25.0 Å². The second-order valence-corrected chi connectivity index (χ2v) is 4.97. The van der Waals surface area contributed by atoms with Crippen LogP contribution in [0.15, 0.2) is 0 Å². The Hall–Kier alpha value is -0.940. The number of nitrogens with zero attached hydrogens (tertiary/aromatic N) is 1. The molecule has 0 aromatic heterocycles. The Morgan fingerprint density at radius 2 is 1.88 bits per heavy atom. The molecule has 5 heteroatoms. The van der Waals surface area contributed by atoms with Gasteiger partial charge in [-0.1, -0.05) is 12.8 Å². The van der Waals surface area contributed by atoms with E-state index >= 15 is 0 Å². The summed E-state index contributed by atoms with van der Waals surface area (Å²) in [6.45, 7) is 4.52. The minimum Gasteiger partial charge on any atom is -0.396 e. The van der Waals surface area contributed by atoms with Crippen LogP contribution in [0.2, 0.25) is 0 Å². The molecular weight excluding hydrogens is 220 g/mol. The van der Waals surface area contributed by atoms with Crippen molar-refractivity contribution >= 4 is 11.8 Å². The molecule has 0 spiro atoms. The van der Waals surface area contributed by atoms with Gasteiger partial charge in [0.25, 0.3) is 0 Å². The number of carbonyl (C=O) groups excluding carboxylic acids is 2. The Morgan fingerprint density at radius 1 is 1.24 bits per heavy atom. The first-order valence-electron chi connectivity index (χ1n) is 6.20. The van der Waals surface area contributed by atoms with Crippen LogP contribution in [-0.2, 0) is 9.59 Å². The molecule has 2 amide bonds. The highest BCUT2D eigenvalue weighted by Crippen LogP contribution is 2.14. The second-order valence-electron chi connectivity index (χ2n) is 4.97. The van der Waals surface area contributed by atoms with Crippen LogP contribution in [0.1, 0.15) is 39.5 Å². The summed E-state index contributed by atoms with van der Waals surface area (Å²) in [6.07, 6.45) is 3.47. The van der Waals surface area contributed by atoms with Gasteiger partial charge in [0, 0.05) is 13.2 Å². The van der Waals surface area contributed by atoms with Crippen molar-refractivity contribution in [3.05, 3.63) is 0 Å². The van der Waals surface area contributed by atoms with Crippen molar-refractivity contribution in [2.24, 2.45) is 0 Å². The van der Waals surface area contributed by atoms with Crippen molar-refractivity contribution in [1.29, 1.82) is 0 Å². The van der Waals surface area contributed by atoms with Crippen LogP contribution in [0.5, 0.6) is 0 Å². The zero-order chi connectivity index (χ0) is 12.9. The van der Waals surface area contributed by atoms with Gasteiger partial charge in [-0.2, -0.15) is 0 Å². The number of rotatable bonds is 6. The summed E-state index contributed by atoms with van der Waals surface area (Å²) in [5.74, 6) is -0.285. The standard InChI is InChI=1S/C12H22N2O3/c1-12(2)11(17)14(10(16)9-13-12)7-5-3-4-6-8-15/h13,15H,3-9H2,1-2H3. The van der Waals surface area contributed by atoms with Crippen molar-refractivity contribution in [1.82, 2.24) is 10.2 Å². The summed E-state index contributed by atoms with van der Waals surface area (Å²) in [5, 5.41) is 11.6. The van der Waals surface area contributed by atoms with E-state index in [9.17, 15) is 9.59 Å². The quantitative estimate of drug-likeness (QED) is 0.518. The molecule has 1 heterocycles. The minimum absolute atomic E-state index is 0.142. The molecule has 5 nitrogen and oxygen atoms in total. The summed E-state index contributed by atoms with van der Waals surface area (Å²) in [4.78, 5) is 25.0. The third-order valence-corrected chi connectivity index (χ3v) is 3.05. The van der Waals surface area contributed by atoms with Gasteiger partial charge in [-0.15, -0.1) is 0 Å². The van der Waals surface area contributed by atoms with Gasteiger partial charge in [-0.3, -0.25) is 19.8 Å². The van der Waals surface area contributed by atoms with Gasteiger partial charge in [-0.05, 0) is 26.7 Å². The molecule has 0 saturated carbocycles. The fraction of sp³-hybridized carbons (Fsp3) is 0.833. The Morgan fingerprint density at radius 3 is 2.53 bits per heavy atom. The van der Waals surface area contributed by atoms with E-state index in [0.29, 0.717) is 6.54 Å². The number of hydrogen-bond acceptors (Lipinski definition) is 4. The number of imide groups is 1. The number of carbonyl (C=O) groups is 2. The predicted octanol–water partition coefficient (Wildman–Crippen LogP) is 0.276. The van der Waals surface area contributed by atoms with Gasteiger partial charge in [-0.25, -0.2) is 0 Å². The van der Waals surface area contributed by atoms with Crippen LogP contribution in [0.25, 0.3) is 0 Å². The SMILES string of the molecule is CC1(C)NCC(=O)N(CCCCCCO)C1=O. The number of amides is 2. The van der Waals surface area contributed by atoms with Crippen molar-refractivity contribution in [2.75, 3.05) is 19.7 Å². The first kappa shape index (κ1) is 14.1. The Bertz CT molecular complexity index is 289. The highest BCUT2D eigenvalue weighted by molar-refractivity contribution is 6.02. The van der Waals surface area contributed by atoms with Gasteiger partial charge >= 0.3 is 0 Å². The number of aliphatic hydroxyl groups is 1. The molecule has 1 saturated heterocycles. The molecule has 0 aliphatic carbocycles. The average Bonchev–Trinajstić information content (AvgIpc) is 2.28. The molecule has 0 atom stereocenters. The molecular formula is C12H22N2O3. The van der Waals surface area contributed by atoms with E-state index in [1.54, 1.807) is 13.8 Å². The molecule has 0 unspecified atom stereocenters. The minimum atomic E-state index is -0.640. The van der Waals surface area contributed by atoms with Gasteiger partial charge in [0.1, 0.15) is 0 Å². The molecule has 1 aliphatic heterocycles. The van der Waals surface area contributed by atoms with Gasteiger partial charge in [0.2, 0.25) is 11.8 Å². The predicted molar refractivity (Wildman–Crippen MR) is 64.4 cm³/mol. The van der Waals surface area contributed by atoms with Crippen molar-refractivity contribution in [3.8, 4) is 0 Å². The number of nitrogens with one attached hydrogen (secondary N) is 1. The maximum absolute atomic E-state index is 12.0. The molecule has 0 aromatic carbocycles. The molecule has 0 aromatic rings. The van der Waals surface area contributed by atoms with Crippen LogP contribution >= 0.6 is 0 Å². The fourth-order valence-corrected chi connectivity index (χ4v) is 1.88. The molecule has 2 N–H and O–H groups in total. The highest BCUT2D eigenvalue weighted by Gasteiger charge is 2.39. The molecule has 98 valence electrons. The second kappa shape index (κ2) is 6.12. The first-order chi connectivity index (χ1) is 7.99. The van der Waals surface area contributed by atoms with Crippen molar-refractivity contribution in [3.63, 3.8) is 0 Å². The molecule has 0 bridgehead atoms. The van der Waals surface area contributed by atoms with E-state index < -0.39 is 5.54 Å². The van der Waals surface area contributed by atoms with E-state index in [1.165, 1.54) is 4.90 Å². The van der Waals surface area contributed by atoms with E-state index in [1.807, 2.05) is 0 Å². The van der Waals surface area contributed by atoms with Crippen LogP contribution in [0.3, 0.4) is 0 Å². The number of piperazine rings is 1. The number of unbranched alkanes of at least 4 members (excludes halogenated alkanes) is 3. The van der Waals surface area contributed by atoms with Crippen LogP contribution in [0, 0.1) is 0 Å². The lowest BCUT2D eigenvalue weighted by Crippen LogP contribution is -2.63. The smallest absolute Gasteiger partial charge is 0.248 e. The molecule has 1 aliphatic rings. The largest absolute Gasteiger partial charge is 0.396 e. The fourth-order valence-electron chi connectivity index (χ4n) is 1.88.